The first-order valence-electron chi connectivity index (χ1n) is 3.61. The van der Waals surface area contributed by atoms with Gasteiger partial charge in [-0.1, -0.05) is 27.5 Å². The van der Waals surface area contributed by atoms with Crippen molar-refractivity contribution in [3.05, 3.63) is 32.4 Å². The van der Waals surface area contributed by atoms with Gasteiger partial charge in [-0.15, -0.1) is 0 Å². The molecule has 6 heteroatoms. The monoisotopic (exact) mass is 352 g/mol. The average Bonchev–Trinajstić information content (AvgIpc) is 2.51. The van der Waals surface area contributed by atoms with E-state index in [0.29, 0.717) is 9.76 Å². The fraction of sp³-hybridized carbons (Fsp3) is 0. The van der Waals surface area contributed by atoms with Gasteiger partial charge in [0.1, 0.15) is 5.01 Å². The molecule has 0 fully saturated rings. The maximum absolute atomic E-state index is 6.07. The van der Waals surface area contributed by atoms with Crippen LogP contribution in [0.15, 0.2) is 27.4 Å². The molecule has 0 aliphatic rings. The van der Waals surface area contributed by atoms with Crippen LogP contribution in [0, 0.1) is 0 Å². The summed E-state index contributed by atoms with van der Waals surface area (Å²) >= 11 is 13.9. The van der Waals surface area contributed by atoms with Crippen LogP contribution in [0.3, 0.4) is 0 Å². The third-order valence-corrected chi connectivity index (χ3v) is 3.71. The highest BCUT2D eigenvalue weighted by Crippen LogP contribution is 2.31. The Bertz CT molecular complexity index is 472. The molecule has 72 valence electrons. The number of hydrogen-bond donors (Lipinski definition) is 0. The molecule has 0 aliphatic heterocycles. The molecule has 0 atom stereocenters. The Balaban J connectivity index is 2.52. The Morgan fingerprint density at radius 3 is 2.64 bits per heavy atom. The molecule has 0 spiro atoms. The van der Waals surface area contributed by atoms with E-state index in [2.05, 4.69) is 41.2 Å². The third kappa shape index (κ3) is 2.16. The Hall–Kier alpha value is 0.0300. The standard InChI is InChI=1S/C8H3Br2ClN2S/c9-4-1-2-5(6(11)3-4)7-12-8(10)13-14-7/h1-3H. The van der Waals surface area contributed by atoms with E-state index in [0.717, 1.165) is 15.0 Å². The van der Waals surface area contributed by atoms with Crippen molar-refractivity contribution < 1.29 is 0 Å². The highest BCUT2D eigenvalue weighted by molar-refractivity contribution is 9.10. The predicted molar refractivity (Wildman–Crippen MR) is 65.8 cm³/mol. The fourth-order valence-corrected chi connectivity index (χ4v) is 2.91. The zero-order valence-corrected chi connectivity index (χ0v) is 11.4. The highest BCUT2D eigenvalue weighted by atomic mass is 79.9. The lowest BCUT2D eigenvalue weighted by Gasteiger charge is -1.99. The largest absolute Gasteiger partial charge is 0.209 e. The zero-order valence-electron chi connectivity index (χ0n) is 6.67. The van der Waals surface area contributed by atoms with E-state index in [9.17, 15) is 0 Å². The van der Waals surface area contributed by atoms with Crippen LogP contribution in [0.1, 0.15) is 0 Å². The van der Waals surface area contributed by atoms with E-state index in [4.69, 9.17) is 11.6 Å². The van der Waals surface area contributed by atoms with Crippen LogP contribution in [0.5, 0.6) is 0 Å². The number of halogens is 3. The maximum atomic E-state index is 6.07. The molecule has 0 bridgehead atoms. The van der Waals surface area contributed by atoms with Gasteiger partial charge in [0.25, 0.3) is 0 Å². The number of rotatable bonds is 1. The molecule has 0 amide bonds. The molecule has 1 heterocycles. The van der Waals surface area contributed by atoms with E-state index in [1.54, 1.807) is 0 Å². The van der Waals surface area contributed by atoms with Crippen LogP contribution in [0.4, 0.5) is 0 Å². The Labute approximate surface area is 107 Å². The normalized spacial score (nSPS) is 10.5. The SMILES string of the molecule is Clc1cc(Br)ccc1-c1nc(Br)ns1. The van der Waals surface area contributed by atoms with E-state index in [1.165, 1.54) is 11.5 Å². The lowest BCUT2D eigenvalue weighted by Crippen LogP contribution is -1.78. The number of benzene rings is 1. The minimum atomic E-state index is 0.594. The molecule has 0 saturated heterocycles. The van der Waals surface area contributed by atoms with Gasteiger partial charge in [-0.25, -0.2) is 4.98 Å². The number of aromatic nitrogens is 2. The van der Waals surface area contributed by atoms with Crippen molar-refractivity contribution in [3.8, 4) is 10.6 Å². The second-order valence-corrected chi connectivity index (χ2v) is 5.28. The predicted octanol–water partition coefficient (Wildman–Crippen LogP) is 4.38. The molecule has 0 N–H and O–H groups in total. The molecule has 14 heavy (non-hydrogen) atoms. The first-order chi connectivity index (χ1) is 6.66. The number of hydrogen-bond acceptors (Lipinski definition) is 3. The summed E-state index contributed by atoms with van der Waals surface area (Å²) in [7, 11) is 0. The Morgan fingerprint density at radius 2 is 2.07 bits per heavy atom. The molecule has 2 rings (SSSR count). The van der Waals surface area contributed by atoms with Crippen molar-refractivity contribution >= 4 is 55.0 Å². The molecular weight excluding hydrogens is 351 g/mol. The third-order valence-electron chi connectivity index (χ3n) is 1.56. The smallest absolute Gasteiger partial charge is 0.209 e. The van der Waals surface area contributed by atoms with Crippen molar-refractivity contribution in [2.75, 3.05) is 0 Å². The lowest BCUT2D eigenvalue weighted by atomic mass is 10.2. The quantitative estimate of drug-likeness (QED) is 0.759. The molecule has 1 aromatic heterocycles. The molecular formula is C8H3Br2ClN2S. The van der Waals surface area contributed by atoms with Gasteiger partial charge in [-0.3, -0.25) is 0 Å². The van der Waals surface area contributed by atoms with Gasteiger partial charge in [0, 0.05) is 10.0 Å². The van der Waals surface area contributed by atoms with Crippen LogP contribution >= 0.6 is 55.0 Å². The fourth-order valence-electron chi connectivity index (χ4n) is 0.978. The van der Waals surface area contributed by atoms with Gasteiger partial charge >= 0.3 is 0 Å². The summed E-state index contributed by atoms with van der Waals surface area (Å²) in [4.78, 5) is 4.20. The van der Waals surface area contributed by atoms with E-state index >= 15 is 0 Å². The van der Waals surface area contributed by atoms with E-state index in [1.807, 2.05) is 18.2 Å². The van der Waals surface area contributed by atoms with Crippen LogP contribution in [-0.2, 0) is 0 Å². The number of nitrogens with zero attached hydrogens (tertiary/aromatic N) is 2. The second-order valence-electron chi connectivity index (χ2n) is 2.49. The second kappa shape index (κ2) is 4.26. The highest BCUT2D eigenvalue weighted by Gasteiger charge is 2.08. The van der Waals surface area contributed by atoms with Crippen molar-refractivity contribution in [1.29, 1.82) is 0 Å². The minimum absolute atomic E-state index is 0.594. The summed E-state index contributed by atoms with van der Waals surface area (Å²) in [6.45, 7) is 0. The van der Waals surface area contributed by atoms with Crippen molar-refractivity contribution in [2.45, 2.75) is 0 Å². The first kappa shape index (κ1) is 10.5. The van der Waals surface area contributed by atoms with E-state index < -0.39 is 0 Å². The zero-order chi connectivity index (χ0) is 10.1. The summed E-state index contributed by atoms with van der Waals surface area (Å²) in [5.74, 6) is 0. The summed E-state index contributed by atoms with van der Waals surface area (Å²) in [5.41, 5.74) is 0.901. The summed E-state index contributed by atoms with van der Waals surface area (Å²) < 4.78 is 5.58. The van der Waals surface area contributed by atoms with Crippen LogP contribution in [0.2, 0.25) is 5.02 Å². The Kier molecular flexibility index (Phi) is 3.21. The average molecular weight is 354 g/mol. The molecule has 2 aromatic rings. The topological polar surface area (TPSA) is 25.8 Å². The van der Waals surface area contributed by atoms with Gasteiger partial charge in [-0.05, 0) is 45.7 Å². The first-order valence-corrected chi connectivity index (χ1v) is 6.35. The van der Waals surface area contributed by atoms with Crippen LogP contribution in [-0.4, -0.2) is 9.36 Å². The molecule has 1 aromatic carbocycles. The summed E-state index contributed by atoms with van der Waals surface area (Å²) in [5, 5.41) is 1.48. The van der Waals surface area contributed by atoms with Gasteiger partial charge in [0.2, 0.25) is 4.73 Å². The van der Waals surface area contributed by atoms with Gasteiger partial charge in [0.05, 0.1) is 5.02 Å². The molecule has 0 radical (unpaired) electrons. The van der Waals surface area contributed by atoms with Gasteiger partial charge in [0.15, 0.2) is 0 Å². The molecule has 2 nitrogen and oxygen atoms in total. The van der Waals surface area contributed by atoms with Crippen molar-refractivity contribution in [3.63, 3.8) is 0 Å². The summed E-state index contributed by atoms with van der Waals surface area (Å²) in [6.07, 6.45) is 0. The van der Waals surface area contributed by atoms with Crippen LogP contribution < -0.4 is 0 Å². The van der Waals surface area contributed by atoms with Gasteiger partial charge in [-0.2, -0.15) is 4.37 Å². The van der Waals surface area contributed by atoms with E-state index in [-0.39, 0.29) is 0 Å². The van der Waals surface area contributed by atoms with Gasteiger partial charge < -0.3 is 0 Å². The molecule has 0 unspecified atom stereocenters. The maximum Gasteiger partial charge on any atom is 0.209 e. The van der Waals surface area contributed by atoms with Crippen LogP contribution in [0.25, 0.3) is 10.6 Å². The molecule has 0 aliphatic carbocycles. The lowest BCUT2D eigenvalue weighted by molar-refractivity contribution is 1.26. The van der Waals surface area contributed by atoms with Crippen molar-refractivity contribution in [1.82, 2.24) is 9.36 Å². The van der Waals surface area contributed by atoms with Crippen molar-refractivity contribution in [2.24, 2.45) is 0 Å². The summed E-state index contributed by atoms with van der Waals surface area (Å²) in [6, 6.07) is 5.68. The Morgan fingerprint density at radius 1 is 1.29 bits per heavy atom. The minimum Gasteiger partial charge on any atom is -0.209 e. The molecule has 0 saturated carbocycles.